The van der Waals surface area contributed by atoms with Crippen molar-refractivity contribution in [3.8, 4) is 17.3 Å². The van der Waals surface area contributed by atoms with Gasteiger partial charge in [-0.25, -0.2) is 4.98 Å². The first-order chi connectivity index (χ1) is 19.1. The van der Waals surface area contributed by atoms with E-state index in [1.165, 1.54) is 23.5 Å². The molecule has 12 heteroatoms. The molecule has 4 aromatic rings. The van der Waals surface area contributed by atoms with Gasteiger partial charge in [0.05, 0.1) is 30.3 Å². The Balaban J connectivity index is 1.60. The number of nitrogens with zero attached hydrogens (tertiary/aromatic N) is 3. The summed E-state index contributed by atoms with van der Waals surface area (Å²) < 4.78 is 38.5. The van der Waals surface area contributed by atoms with Crippen LogP contribution in [0.3, 0.4) is 0 Å². The minimum Gasteiger partial charge on any atom is -0.481 e. The first-order valence-electron chi connectivity index (χ1n) is 11.8. The summed E-state index contributed by atoms with van der Waals surface area (Å²) in [6.07, 6.45) is -0.185. The predicted octanol–water partition coefficient (Wildman–Crippen LogP) is 6.84. The van der Waals surface area contributed by atoms with Crippen molar-refractivity contribution >= 4 is 45.8 Å². The number of nitrogens with one attached hydrogen (secondary N) is 1. The van der Waals surface area contributed by atoms with Crippen LogP contribution in [0.2, 0.25) is 0 Å². The highest BCUT2D eigenvalue weighted by molar-refractivity contribution is 8.00. The van der Waals surface area contributed by atoms with Crippen molar-refractivity contribution in [2.24, 2.45) is 0 Å². The number of carboxylic acids is 1. The van der Waals surface area contributed by atoms with E-state index in [1.54, 1.807) is 54.6 Å². The van der Waals surface area contributed by atoms with E-state index in [9.17, 15) is 28.0 Å². The molecule has 0 spiro atoms. The number of anilines is 2. The number of hydrogen-bond donors (Lipinski definition) is 2. The monoisotopic (exact) mass is 582 g/mol. The zero-order chi connectivity index (χ0) is 28.7. The van der Waals surface area contributed by atoms with Crippen LogP contribution in [0.5, 0.6) is 0 Å². The maximum atomic E-state index is 12.8. The summed E-state index contributed by atoms with van der Waals surface area (Å²) in [6, 6.07) is 21.8. The van der Waals surface area contributed by atoms with E-state index in [0.717, 1.165) is 11.1 Å². The highest BCUT2D eigenvalue weighted by Crippen LogP contribution is 2.39. The van der Waals surface area contributed by atoms with Crippen molar-refractivity contribution in [3.63, 3.8) is 0 Å². The second-order valence-corrected chi connectivity index (χ2v) is 10.4. The minimum atomic E-state index is -4.40. The number of aliphatic carboxylic acids is 1. The van der Waals surface area contributed by atoms with Gasteiger partial charge < -0.3 is 15.3 Å². The van der Waals surface area contributed by atoms with Gasteiger partial charge in [-0.15, -0.1) is 11.3 Å². The van der Waals surface area contributed by atoms with E-state index in [-0.39, 0.29) is 29.6 Å². The summed E-state index contributed by atoms with van der Waals surface area (Å²) in [5.41, 5.74) is -0.702. The fourth-order valence-electron chi connectivity index (χ4n) is 3.70. The first kappa shape index (κ1) is 28.7. The number of thioether (sulfide) groups is 1. The number of rotatable bonds is 10. The zero-order valence-corrected chi connectivity index (χ0v) is 22.3. The lowest BCUT2D eigenvalue weighted by molar-refractivity contribution is -0.136. The SMILES string of the molecule is N#Cc1cccc(-c2csc(N(Cc3ccc(C(=O)NCCC(=O)O)cc3)c3ccc(SC(F)(F)F)cc3)n2)c1. The number of nitriles is 1. The number of carbonyl (C=O) groups is 2. The average Bonchev–Trinajstić information content (AvgIpc) is 3.42. The Morgan fingerprint density at radius 2 is 1.80 bits per heavy atom. The van der Waals surface area contributed by atoms with Crippen LogP contribution in [0, 0.1) is 11.3 Å². The number of aromatic nitrogens is 1. The first-order valence-corrected chi connectivity index (χ1v) is 13.5. The normalized spacial score (nSPS) is 11.1. The number of alkyl halides is 3. The third kappa shape index (κ3) is 7.84. The average molecular weight is 583 g/mol. The van der Waals surface area contributed by atoms with Gasteiger partial charge in [0, 0.05) is 33.6 Å². The van der Waals surface area contributed by atoms with Crippen molar-refractivity contribution < 1.29 is 27.9 Å². The maximum Gasteiger partial charge on any atom is 0.446 e. The molecular formula is C28H21F3N4O3S2. The second-order valence-electron chi connectivity index (χ2n) is 8.43. The van der Waals surface area contributed by atoms with Crippen LogP contribution in [-0.2, 0) is 11.3 Å². The van der Waals surface area contributed by atoms with Crippen LogP contribution in [-0.4, -0.2) is 34.0 Å². The fourth-order valence-corrected chi connectivity index (χ4v) is 5.09. The van der Waals surface area contributed by atoms with Crippen LogP contribution in [0.1, 0.15) is 27.9 Å². The number of carbonyl (C=O) groups excluding carboxylic acids is 1. The van der Waals surface area contributed by atoms with Crippen molar-refractivity contribution in [2.45, 2.75) is 23.4 Å². The molecule has 204 valence electrons. The molecule has 7 nitrogen and oxygen atoms in total. The van der Waals surface area contributed by atoms with Crippen molar-refractivity contribution in [1.82, 2.24) is 10.3 Å². The highest BCUT2D eigenvalue weighted by Gasteiger charge is 2.29. The van der Waals surface area contributed by atoms with Gasteiger partial charge in [-0.2, -0.15) is 18.4 Å². The molecule has 0 bridgehead atoms. The van der Waals surface area contributed by atoms with Crippen LogP contribution < -0.4 is 10.2 Å². The standard InChI is InChI=1S/C28H21F3N4O3S2/c29-28(30,31)40-23-10-8-22(9-11-23)35(27-34-24(17-39-27)21-3-1-2-19(14-21)15-32)16-18-4-6-20(7-5-18)26(38)33-13-12-25(36)37/h1-11,14,17H,12-13,16H2,(H,33,38)(H,36,37). The molecule has 0 aliphatic heterocycles. The molecule has 2 N–H and O–H groups in total. The summed E-state index contributed by atoms with van der Waals surface area (Å²) in [5.74, 6) is -1.41. The minimum absolute atomic E-state index is 0.00989. The van der Waals surface area contributed by atoms with Crippen molar-refractivity contribution in [3.05, 3.63) is 94.9 Å². The lowest BCUT2D eigenvalue weighted by Crippen LogP contribution is -2.26. The smallest absolute Gasteiger partial charge is 0.446 e. The van der Waals surface area contributed by atoms with E-state index in [4.69, 9.17) is 10.1 Å². The summed E-state index contributed by atoms with van der Waals surface area (Å²) in [6.45, 7) is 0.313. The third-order valence-electron chi connectivity index (χ3n) is 5.57. The van der Waals surface area contributed by atoms with Gasteiger partial charge in [0.25, 0.3) is 5.91 Å². The topological polar surface area (TPSA) is 106 Å². The second kappa shape index (κ2) is 12.7. The Bertz CT molecular complexity index is 1530. The summed E-state index contributed by atoms with van der Waals surface area (Å²) in [7, 11) is 0. The van der Waals surface area contributed by atoms with Gasteiger partial charge in [-0.05, 0) is 65.9 Å². The molecule has 0 aliphatic carbocycles. The van der Waals surface area contributed by atoms with Crippen LogP contribution in [0.15, 0.2) is 83.1 Å². The third-order valence-corrected chi connectivity index (χ3v) is 7.18. The predicted molar refractivity (Wildman–Crippen MR) is 147 cm³/mol. The highest BCUT2D eigenvalue weighted by atomic mass is 32.2. The largest absolute Gasteiger partial charge is 0.481 e. The van der Waals surface area contributed by atoms with Gasteiger partial charge >= 0.3 is 11.5 Å². The molecule has 0 unspecified atom stereocenters. The Hall–Kier alpha value is -4.34. The molecular weight excluding hydrogens is 561 g/mol. The molecule has 3 aromatic carbocycles. The zero-order valence-electron chi connectivity index (χ0n) is 20.7. The number of carboxylic acid groups (broad SMARTS) is 1. The summed E-state index contributed by atoms with van der Waals surface area (Å²) in [5, 5.41) is 22.9. The molecule has 1 amide bonds. The van der Waals surface area contributed by atoms with E-state index in [1.807, 2.05) is 16.3 Å². The molecule has 40 heavy (non-hydrogen) atoms. The van der Waals surface area contributed by atoms with E-state index in [0.29, 0.717) is 34.2 Å². The Morgan fingerprint density at radius 3 is 2.45 bits per heavy atom. The van der Waals surface area contributed by atoms with E-state index < -0.39 is 17.4 Å². The lowest BCUT2D eigenvalue weighted by atomic mass is 10.1. The quantitative estimate of drug-likeness (QED) is 0.197. The van der Waals surface area contributed by atoms with Crippen molar-refractivity contribution in [1.29, 1.82) is 5.26 Å². The van der Waals surface area contributed by atoms with E-state index in [2.05, 4.69) is 11.4 Å². The van der Waals surface area contributed by atoms with Gasteiger partial charge in [0.15, 0.2) is 5.13 Å². The molecule has 0 saturated carbocycles. The summed E-state index contributed by atoms with van der Waals surface area (Å²) in [4.78, 5) is 29.6. The molecule has 1 aromatic heterocycles. The summed E-state index contributed by atoms with van der Waals surface area (Å²) >= 11 is 1.16. The van der Waals surface area contributed by atoms with Crippen LogP contribution in [0.25, 0.3) is 11.3 Å². The number of benzene rings is 3. The Morgan fingerprint density at radius 1 is 1.07 bits per heavy atom. The maximum absolute atomic E-state index is 12.8. The van der Waals surface area contributed by atoms with Gasteiger partial charge in [0.1, 0.15) is 0 Å². The molecule has 0 radical (unpaired) electrons. The molecule has 0 aliphatic rings. The molecule has 0 fully saturated rings. The molecule has 4 rings (SSSR count). The number of hydrogen-bond acceptors (Lipinski definition) is 7. The van der Waals surface area contributed by atoms with Crippen molar-refractivity contribution in [2.75, 3.05) is 11.4 Å². The number of amides is 1. The van der Waals surface area contributed by atoms with Crippen LogP contribution in [0.4, 0.5) is 24.0 Å². The molecule has 1 heterocycles. The van der Waals surface area contributed by atoms with Gasteiger partial charge in [-0.1, -0.05) is 24.3 Å². The molecule has 0 saturated heterocycles. The Labute approximate surface area is 235 Å². The number of halogens is 3. The Kier molecular flexibility index (Phi) is 9.08. The fraction of sp³-hybridized carbons (Fsp3) is 0.143. The van der Waals surface area contributed by atoms with Crippen LogP contribution >= 0.6 is 23.1 Å². The van der Waals surface area contributed by atoms with Gasteiger partial charge in [0.2, 0.25) is 0 Å². The van der Waals surface area contributed by atoms with Gasteiger partial charge in [-0.3, -0.25) is 9.59 Å². The molecule has 0 atom stereocenters. The lowest BCUT2D eigenvalue weighted by Gasteiger charge is -2.23. The van der Waals surface area contributed by atoms with E-state index >= 15 is 0 Å². The number of thiazole rings is 1.